The van der Waals surface area contributed by atoms with E-state index in [-0.39, 0.29) is 5.91 Å². The summed E-state index contributed by atoms with van der Waals surface area (Å²) in [5.74, 6) is 0.0900. The molecule has 3 nitrogen and oxygen atoms in total. The van der Waals surface area contributed by atoms with E-state index >= 15 is 0 Å². The maximum Gasteiger partial charge on any atom is 0.255 e. The molecule has 0 atom stereocenters. The standard InChI is InChI=1S/C20H28N2OS/c1-4-5-6-7-8-13-22-19(24)15-17(20(22)23)14-16-9-11-18(12-10-16)21(2)3/h9-12,14H,4-8,13,15H2,1-3H3/b17-14-. The Bertz CT molecular complexity index is 605. The summed E-state index contributed by atoms with van der Waals surface area (Å²) >= 11 is 5.42. The Kier molecular flexibility index (Phi) is 6.98. The molecule has 130 valence electrons. The molecule has 1 aliphatic heterocycles. The van der Waals surface area contributed by atoms with Gasteiger partial charge in [0.1, 0.15) is 0 Å². The van der Waals surface area contributed by atoms with E-state index in [0.717, 1.165) is 34.8 Å². The maximum atomic E-state index is 12.6. The fourth-order valence-electron chi connectivity index (χ4n) is 2.90. The average Bonchev–Trinajstić information content (AvgIpc) is 2.82. The first-order valence-electron chi connectivity index (χ1n) is 8.85. The Hall–Kier alpha value is -1.68. The van der Waals surface area contributed by atoms with Gasteiger partial charge in [-0.05, 0) is 30.2 Å². The van der Waals surface area contributed by atoms with E-state index in [9.17, 15) is 4.79 Å². The predicted molar refractivity (Wildman–Crippen MR) is 106 cm³/mol. The van der Waals surface area contributed by atoms with E-state index in [1.54, 1.807) is 4.90 Å². The van der Waals surface area contributed by atoms with Gasteiger partial charge in [-0.3, -0.25) is 4.79 Å². The number of unbranched alkanes of at least 4 members (excludes halogenated alkanes) is 4. The normalized spacial score (nSPS) is 16.3. The van der Waals surface area contributed by atoms with E-state index in [1.807, 2.05) is 32.3 Å². The number of rotatable bonds is 8. The molecule has 1 aliphatic rings. The van der Waals surface area contributed by atoms with Crippen molar-refractivity contribution in [3.63, 3.8) is 0 Å². The number of amides is 1. The summed E-state index contributed by atoms with van der Waals surface area (Å²) in [6, 6.07) is 8.23. The van der Waals surface area contributed by atoms with E-state index in [1.165, 1.54) is 25.7 Å². The molecule has 1 aromatic rings. The van der Waals surface area contributed by atoms with Crippen LogP contribution in [0.4, 0.5) is 5.69 Å². The third kappa shape index (κ3) is 4.91. The third-order valence-corrected chi connectivity index (χ3v) is 4.76. The second-order valence-electron chi connectivity index (χ2n) is 6.60. The zero-order chi connectivity index (χ0) is 17.5. The zero-order valence-electron chi connectivity index (χ0n) is 15.0. The van der Waals surface area contributed by atoms with Gasteiger partial charge in [0.05, 0.1) is 4.99 Å². The highest BCUT2D eigenvalue weighted by Crippen LogP contribution is 2.24. The summed E-state index contributed by atoms with van der Waals surface area (Å²) in [6.45, 7) is 2.97. The molecule has 1 saturated heterocycles. The van der Waals surface area contributed by atoms with E-state index in [0.29, 0.717) is 6.42 Å². The van der Waals surface area contributed by atoms with Gasteiger partial charge in [-0.2, -0.15) is 0 Å². The van der Waals surface area contributed by atoms with Crippen LogP contribution in [0.15, 0.2) is 29.8 Å². The minimum atomic E-state index is 0.0900. The number of benzene rings is 1. The molecular weight excluding hydrogens is 316 g/mol. The first-order valence-corrected chi connectivity index (χ1v) is 9.26. The monoisotopic (exact) mass is 344 g/mol. The van der Waals surface area contributed by atoms with E-state index < -0.39 is 0 Å². The molecule has 0 bridgehead atoms. The Labute approximate surface area is 151 Å². The molecule has 1 fully saturated rings. The Balaban J connectivity index is 1.97. The highest BCUT2D eigenvalue weighted by atomic mass is 32.1. The van der Waals surface area contributed by atoms with Crippen molar-refractivity contribution in [3.8, 4) is 0 Å². The Morgan fingerprint density at radius 3 is 2.42 bits per heavy atom. The Morgan fingerprint density at radius 1 is 1.12 bits per heavy atom. The van der Waals surface area contributed by atoms with Gasteiger partial charge in [-0.25, -0.2) is 0 Å². The summed E-state index contributed by atoms with van der Waals surface area (Å²) in [4.78, 5) is 17.2. The van der Waals surface area contributed by atoms with Gasteiger partial charge in [0.25, 0.3) is 5.91 Å². The molecule has 2 rings (SSSR count). The number of nitrogens with zero attached hydrogens (tertiary/aromatic N) is 2. The number of carbonyl (C=O) groups is 1. The van der Waals surface area contributed by atoms with Crippen LogP contribution in [-0.4, -0.2) is 36.4 Å². The lowest BCUT2D eigenvalue weighted by Crippen LogP contribution is -2.29. The minimum absolute atomic E-state index is 0.0900. The first kappa shape index (κ1) is 18.7. The van der Waals surface area contributed by atoms with Gasteiger partial charge < -0.3 is 9.80 Å². The van der Waals surface area contributed by atoms with Crippen LogP contribution in [0.3, 0.4) is 0 Å². The van der Waals surface area contributed by atoms with E-state index in [4.69, 9.17) is 12.2 Å². The van der Waals surface area contributed by atoms with Crippen molar-refractivity contribution >= 4 is 34.9 Å². The van der Waals surface area contributed by atoms with Gasteiger partial charge in [-0.15, -0.1) is 0 Å². The van der Waals surface area contributed by atoms with Crippen molar-refractivity contribution in [2.75, 3.05) is 25.5 Å². The molecule has 4 heteroatoms. The lowest BCUT2D eigenvalue weighted by Gasteiger charge is -2.15. The van der Waals surface area contributed by atoms with Crippen molar-refractivity contribution in [1.82, 2.24) is 4.90 Å². The molecular formula is C20H28N2OS. The largest absolute Gasteiger partial charge is 0.378 e. The molecule has 1 aromatic carbocycles. The van der Waals surface area contributed by atoms with Crippen molar-refractivity contribution < 1.29 is 4.79 Å². The molecule has 1 heterocycles. The van der Waals surface area contributed by atoms with E-state index in [2.05, 4.69) is 24.0 Å². The van der Waals surface area contributed by atoms with Gasteiger partial charge in [0.15, 0.2) is 0 Å². The van der Waals surface area contributed by atoms with Crippen LogP contribution in [0, 0.1) is 0 Å². The molecule has 0 aliphatic carbocycles. The quantitative estimate of drug-likeness (QED) is 0.389. The summed E-state index contributed by atoms with van der Waals surface area (Å²) in [5.41, 5.74) is 3.02. The average molecular weight is 345 g/mol. The molecule has 0 spiro atoms. The predicted octanol–water partition coefficient (Wildman–Crippen LogP) is 4.67. The van der Waals surface area contributed by atoms with Crippen LogP contribution in [0.1, 0.15) is 51.0 Å². The smallest absolute Gasteiger partial charge is 0.255 e. The summed E-state index contributed by atoms with van der Waals surface area (Å²) < 4.78 is 0. The summed E-state index contributed by atoms with van der Waals surface area (Å²) in [5, 5.41) is 0. The number of hydrogen-bond acceptors (Lipinski definition) is 3. The van der Waals surface area contributed by atoms with Crippen molar-refractivity contribution in [2.45, 2.75) is 45.4 Å². The lowest BCUT2D eigenvalue weighted by atomic mass is 10.1. The molecule has 0 aromatic heterocycles. The highest BCUT2D eigenvalue weighted by molar-refractivity contribution is 7.80. The van der Waals surface area contributed by atoms with Crippen LogP contribution in [0.25, 0.3) is 6.08 Å². The van der Waals surface area contributed by atoms with Gasteiger partial charge >= 0.3 is 0 Å². The highest BCUT2D eigenvalue weighted by Gasteiger charge is 2.30. The molecule has 0 radical (unpaired) electrons. The minimum Gasteiger partial charge on any atom is -0.378 e. The van der Waals surface area contributed by atoms with Crippen LogP contribution in [-0.2, 0) is 4.79 Å². The van der Waals surface area contributed by atoms with Crippen molar-refractivity contribution in [3.05, 3.63) is 35.4 Å². The maximum absolute atomic E-state index is 12.6. The number of anilines is 1. The molecule has 1 amide bonds. The second kappa shape index (κ2) is 8.97. The van der Waals surface area contributed by atoms with Crippen molar-refractivity contribution in [1.29, 1.82) is 0 Å². The fourth-order valence-corrected chi connectivity index (χ4v) is 3.23. The number of hydrogen-bond donors (Lipinski definition) is 0. The molecule has 0 unspecified atom stereocenters. The third-order valence-electron chi connectivity index (χ3n) is 4.40. The number of thiocarbonyl (C=S) groups is 1. The second-order valence-corrected chi connectivity index (χ2v) is 7.07. The number of carbonyl (C=O) groups excluding carboxylic acids is 1. The van der Waals surface area contributed by atoms with Gasteiger partial charge in [0.2, 0.25) is 0 Å². The van der Waals surface area contributed by atoms with Crippen LogP contribution in [0.5, 0.6) is 0 Å². The summed E-state index contributed by atoms with van der Waals surface area (Å²) in [7, 11) is 4.04. The van der Waals surface area contributed by atoms with Gasteiger partial charge in [0, 0.05) is 38.3 Å². The number of likely N-dealkylation sites (tertiary alicyclic amines) is 1. The molecule has 0 saturated carbocycles. The zero-order valence-corrected chi connectivity index (χ0v) is 15.9. The van der Waals surface area contributed by atoms with Crippen molar-refractivity contribution in [2.24, 2.45) is 0 Å². The SMILES string of the molecule is CCCCCCCN1C(=O)/C(=C\c2ccc(N(C)C)cc2)CC1=S. The molecule has 24 heavy (non-hydrogen) atoms. The van der Waals surface area contributed by atoms with Crippen LogP contribution >= 0.6 is 12.2 Å². The van der Waals surface area contributed by atoms with Gasteiger partial charge in [-0.1, -0.05) is 57.0 Å². The van der Waals surface area contributed by atoms with Crippen LogP contribution in [0.2, 0.25) is 0 Å². The lowest BCUT2D eigenvalue weighted by molar-refractivity contribution is -0.122. The topological polar surface area (TPSA) is 23.6 Å². The molecule has 0 N–H and O–H groups in total. The first-order chi connectivity index (χ1) is 11.5. The fraction of sp³-hybridized carbons (Fsp3) is 0.500. The summed E-state index contributed by atoms with van der Waals surface area (Å²) in [6.07, 6.45) is 8.53. The Morgan fingerprint density at radius 2 is 1.79 bits per heavy atom. The van der Waals surface area contributed by atoms with Crippen LogP contribution < -0.4 is 4.90 Å².